The summed E-state index contributed by atoms with van der Waals surface area (Å²) in [4.78, 5) is 41.4. The van der Waals surface area contributed by atoms with Gasteiger partial charge in [0, 0.05) is 56.9 Å². The third kappa shape index (κ3) is 4.39. The van der Waals surface area contributed by atoms with Crippen molar-refractivity contribution in [1.82, 2.24) is 25.6 Å². The first-order chi connectivity index (χ1) is 25.6. The van der Waals surface area contributed by atoms with Crippen LogP contribution < -0.4 is 20.7 Å². The Morgan fingerprint density at radius 1 is 1.04 bits per heavy atom. The highest BCUT2D eigenvalue weighted by Gasteiger charge is 2.61. The van der Waals surface area contributed by atoms with Crippen molar-refractivity contribution < 1.29 is 23.2 Å². The Kier molecular flexibility index (Phi) is 6.66. The average Bonchev–Trinajstić information content (AvgIpc) is 3.96. The van der Waals surface area contributed by atoms with Crippen molar-refractivity contribution in [1.29, 1.82) is 0 Å². The van der Waals surface area contributed by atoms with Crippen LogP contribution in [-0.4, -0.2) is 39.0 Å². The Morgan fingerprint density at radius 2 is 1.87 bits per heavy atom. The molecule has 0 saturated heterocycles. The van der Waals surface area contributed by atoms with Crippen LogP contribution in [0.3, 0.4) is 0 Å². The van der Waals surface area contributed by atoms with E-state index in [1.54, 1.807) is 6.20 Å². The lowest BCUT2D eigenvalue weighted by molar-refractivity contribution is -0.134. The third-order valence-corrected chi connectivity index (χ3v) is 11.6. The van der Waals surface area contributed by atoms with Gasteiger partial charge in [0.05, 0.1) is 6.20 Å². The number of benzene rings is 3. The van der Waals surface area contributed by atoms with Gasteiger partial charge in [-0.25, -0.2) is 9.97 Å². The molecule has 268 valence electrons. The zero-order chi connectivity index (χ0) is 36.4. The van der Waals surface area contributed by atoms with E-state index in [9.17, 15) is 9.59 Å². The summed E-state index contributed by atoms with van der Waals surface area (Å²) in [5.74, 6) is 1.81. The summed E-state index contributed by atoms with van der Waals surface area (Å²) >= 11 is 0. The van der Waals surface area contributed by atoms with E-state index in [1.165, 1.54) is 0 Å². The second-order valence-electron chi connectivity index (χ2n) is 15.8. The van der Waals surface area contributed by atoms with E-state index in [4.69, 9.17) is 23.5 Å². The summed E-state index contributed by atoms with van der Waals surface area (Å²) in [6, 6.07) is 17.1. The largest absolute Gasteiger partial charge is 0.469 e. The molecular formula is C42H40N6O5. The molecule has 4 atom stereocenters. The van der Waals surface area contributed by atoms with Gasteiger partial charge in [-0.3, -0.25) is 9.59 Å². The average molecular weight is 709 g/mol. The van der Waals surface area contributed by atoms with Crippen LogP contribution in [0.4, 0.5) is 5.69 Å². The predicted molar refractivity (Wildman–Crippen MR) is 199 cm³/mol. The van der Waals surface area contributed by atoms with E-state index in [2.05, 4.69) is 70.3 Å². The molecule has 4 N–H and O–H groups in total. The van der Waals surface area contributed by atoms with Crippen LogP contribution in [-0.2, 0) is 21.4 Å². The fraction of sp³-hybridized carbons (Fsp3) is 0.333. The van der Waals surface area contributed by atoms with E-state index in [-0.39, 0.29) is 24.2 Å². The zero-order valence-corrected chi connectivity index (χ0v) is 30.2. The van der Waals surface area contributed by atoms with Crippen molar-refractivity contribution in [2.24, 2.45) is 11.3 Å². The number of H-pyrrole nitrogens is 1. The lowest BCUT2D eigenvalue weighted by Gasteiger charge is -2.30. The Hall–Kier alpha value is -5.84. The minimum atomic E-state index is -1.02. The van der Waals surface area contributed by atoms with Crippen LogP contribution in [0.15, 0.2) is 75.8 Å². The first-order valence-electron chi connectivity index (χ1n) is 18.5. The van der Waals surface area contributed by atoms with Crippen molar-refractivity contribution in [2.75, 3.05) is 5.32 Å². The van der Waals surface area contributed by atoms with Gasteiger partial charge in [0.2, 0.25) is 23.6 Å². The van der Waals surface area contributed by atoms with Crippen LogP contribution in [0, 0.1) is 11.3 Å². The van der Waals surface area contributed by atoms with Crippen LogP contribution >= 0.6 is 0 Å². The molecule has 4 aliphatic rings. The summed E-state index contributed by atoms with van der Waals surface area (Å²) < 4.78 is 20.5. The van der Waals surface area contributed by atoms with Gasteiger partial charge in [0.15, 0.2) is 23.4 Å². The molecule has 7 heterocycles. The molecule has 3 aromatic heterocycles. The van der Waals surface area contributed by atoms with Crippen LogP contribution in [0.5, 0.6) is 5.75 Å². The molecule has 10 bridgehead atoms. The number of carbonyl (C=O) groups excluding carboxylic acids is 2. The maximum atomic E-state index is 14.3. The minimum Gasteiger partial charge on any atom is -0.469 e. The summed E-state index contributed by atoms with van der Waals surface area (Å²) in [7, 11) is 0. The molecule has 0 fully saturated rings. The summed E-state index contributed by atoms with van der Waals surface area (Å²) in [6.45, 7) is 9.92. The normalized spacial score (nSPS) is 22.0. The van der Waals surface area contributed by atoms with E-state index in [1.807, 2.05) is 46.0 Å². The number of nitrogens with one attached hydrogen (secondary N) is 4. The summed E-state index contributed by atoms with van der Waals surface area (Å²) in [5.41, 5.74) is 6.31. The number of oxazole rings is 2. The number of aromatic nitrogens is 3. The number of hydrogen-bond acceptors (Lipinski definition) is 8. The predicted octanol–water partition coefficient (Wildman–Crippen LogP) is 7.62. The van der Waals surface area contributed by atoms with Crippen molar-refractivity contribution in [3.8, 4) is 39.8 Å². The molecule has 10 rings (SSSR count). The molecule has 1 spiro atoms. The van der Waals surface area contributed by atoms with Crippen LogP contribution in [0.1, 0.15) is 81.8 Å². The SMILES string of the molecule is CCCC(C)(C)C(=O)N[C@H]1Cc2ccc3c(c2)[C@]24c5cccc(c5NC2O3)-c2cccc3[nH]cc(c23)-c2cnc(o2)-c2nc(oc24)[C@H](C(C)C)NC1=O. The van der Waals surface area contributed by atoms with Gasteiger partial charge in [0.1, 0.15) is 23.2 Å². The highest BCUT2D eigenvalue weighted by Crippen LogP contribution is 2.61. The number of para-hydroxylation sites is 1. The van der Waals surface area contributed by atoms with Gasteiger partial charge in [0.25, 0.3) is 0 Å². The van der Waals surface area contributed by atoms with Crippen molar-refractivity contribution >= 4 is 28.4 Å². The van der Waals surface area contributed by atoms with E-state index >= 15 is 0 Å². The molecule has 6 aromatic rings. The minimum absolute atomic E-state index is 0.124. The quantitative estimate of drug-likeness (QED) is 0.143. The third-order valence-electron chi connectivity index (χ3n) is 11.6. The first kappa shape index (κ1) is 31.9. The second-order valence-corrected chi connectivity index (χ2v) is 15.8. The topological polar surface area (TPSA) is 147 Å². The Labute approximate surface area is 305 Å². The molecule has 11 nitrogen and oxygen atoms in total. The van der Waals surface area contributed by atoms with Crippen LogP contribution in [0.2, 0.25) is 0 Å². The fourth-order valence-corrected chi connectivity index (χ4v) is 8.95. The number of nitrogens with zero attached hydrogens (tertiary/aromatic N) is 2. The van der Waals surface area contributed by atoms with E-state index < -0.39 is 29.1 Å². The molecule has 53 heavy (non-hydrogen) atoms. The summed E-state index contributed by atoms with van der Waals surface area (Å²) in [5, 5.41) is 11.2. The Bertz CT molecular complexity index is 2510. The fourth-order valence-electron chi connectivity index (χ4n) is 8.95. The van der Waals surface area contributed by atoms with Crippen molar-refractivity contribution in [2.45, 2.75) is 77.6 Å². The number of ether oxygens (including phenoxy) is 1. The molecule has 0 saturated carbocycles. The number of aromatic amines is 1. The highest BCUT2D eigenvalue weighted by molar-refractivity contribution is 6.07. The van der Waals surface area contributed by atoms with E-state index in [0.717, 1.165) is 56.4 Å². The number of carbonyl (C=O) groups is 2. The smallest absolute Gasteiger partial charge is 0.249 e. The zero-order valence-electron chi connectivity index (χ0n) is 30.2. The van der Waals surface area contributed by atoms with Gasteiger partial charge in [-0.15, -0.1) is 0 Å². The monoisotopic (exact) mass is 708 g/mol. The second kappa shape index (κ2) is 11.1. The standard InChI is InChI=1S/C42H40N6O5/c1-6-15-41(4,5)39(50)45-28-17-21-13-14-29-26(16-21)42-25-11-7-10-23(33(25)48-40(42)52-29)22-9-8-12-27-31(22)24(18-43-27)30-19-44-37(51-30)34-35(42)53-38(47-34)32(20(2)3)46-36(28)49/h7-14,16,18-20,28,32,40,43,48H,6,15,17H2,1-5H3,(H,45,50)(H,46,49)/t28-,32-,40?,42-/m0/s1. The molecule has 2 amide bonds. The lowest BCUT2D eigenvalue weighted by atomic mass is 9.72. The van der Waals surface area contributed by atoms with Gasteiger partial charge < -0.3 is 34.5 Å². The number of anilines is 1. The number of fused-ring (bicyclic) bond motifs is 7. The molecule has 3 aromatic carbocycles. The van der Waals surface area contributed by atoms with E-state index in [0.29, 0.717) is 41.2 Å². The molecule has 11 heteroatoms. The van der Waals surface area contributed by atoms with Gasteiger partial charge in [-0.1, -0.05) is 83.5 Å². The Morgan fingerprint density at radius 3 is 2.70 bits per heavy atom. The first-order valence-corrected chi connectivity index (χ1v) is 18.5. The molecule has 0 radical (unpaired) electrons. The lowest BCUT2D eigenvalue weighted by Crippen LogP contribution is -2.52. The van der Waals surface area contributed by atoms with Crippen molar-refractivity contribution in [3.05, 3.63) is 95.3 Å². The molecule has 0 aliphatic carbocycles. The van der Waals surface area contributed by atoms with Crippen molar-refractivity contribution in [3.63, 3.8) is 0 Å². The molecule has 4 aliphatic heterocycles. The number of rotatable bonds is 5. The van der Waals surface area contributed by atoms with Gasteiger partial charge in [-0.2, -0.15) is 0 Å². The number of hydrogen-bond donors (Lipinski definition) is 4. The number of amides is 2. The maximum absolute atomic E-state index is 14.3. The molecule has 1 unspecified atom stereocenters. The van der Waals surface area contributed by atoms with Gasteiger partial charge >= 0.3 is 0 Å². The van der Waals surface area contributed by atoms with Crippen LogP contribution in [0.25, 0.3) is 44.9 Å². The maximum Gasteiger partial charge on any atom is 0.249 e. The summed E-state index contributed by atoms with van der Waals surface area (Å²) in [6.07, 6.45) is 4.89. The molecular weight excluding hydrogens is 668 g/mol. The Balaban J connectivity index is 1.26. The van der Waals surface area contributed by atoms with Gasteiger partial charge in [-0.05, 0) is 35.6 Å². The highest BCUT2D eigenvalue weighted by atomic mass is 16.5.